The molecule has 0 saturated heterocycles. The van der Waals surface area contributed by atoms with Gasteiger partial charge in [-0.2, -0.15) is 0 Å². The summed E-state index contributed by atoms with van der Waals surface area (Å²) in [5, 5.41) is 10.6. The lowest BCUT2D eigenvalue weighted by Crippen LogP contribution is -2.31. The molecule has 1 N–H and O–H groups in total. The third kappa shape index (κ3) is 2.22. The highest BCUT2D eigenvalue weighted by atomic mass is 32.2. The number of aliphatic imine (C=N–C) groups is 1. The first-order valence-electron chi connectivity index (χ1n) is 5.57. The summed E-state index contributed by atoms with van der Waals surface area (Å²) in [7, 11) is 1.54. The van der Waals surface area contributed by atoms with Gasteiger partial charge < -0.3 is 9.84 Å². The smallest absolute Gasteiger partial charge is 0.157 e. The molecular weight excluding hydrogens is 250 g/mol. The summed E-state index contributed by atoms with van der Waals surface area (Å²) < 4.78 is 5.03. The summed E-state index contributed by atoms with van der Waals surface area (Å²) >= 11 is 1.49. The number of carbonyl (C=O) groups is 1. The Labute approximate surface area is 110 Å². The minimum absolute atomic E-state index is 0.0398. The molecule has 0 aliphatic carbocycles. The average molecular weight is 265 g/mol. The zero-order valence-electron chi connectivity index (χ0n) is 10.6. The predicted octanol–water partition coefficient (Wildman–Crippen LogP) is 2.24. The quantitative estimate of drug-likeness (QED) is 0.910. The second kappa shape index (κ2) is 4.65. The van der Waals surface area contributed by atoms with Crippen molar-refractivity contribution >= 4 is 22.6 Å². The summed E-state index contributed by atoms with van der Waals surface area (Å²) in [6.07, 6.45) is 0. The number of benzene rings is 1. The van der Waals surface area contributed by atoms with Crippen LogP contribution in [0.4, 0.5) is 0 Å². The fraction of sp³-hybridized carbons (Fsp3) is 0.385. The largest absolute Gasteiger partial charge is 0.507 e. The van der Waals surface area contributed by atoms with E-state index in [1.54, 1.807) is 32.2 Å². The Morgan fingerprint density at radius 3 is 2.78 bits per heavy atom. The van der Waals surface area contributed by atoms with Crippen molar-refractivity contribution in [2.24, 2.45) is 4.99 Å². The fourth-order valence-corrected chi connectivity index (χ4v) is 2.91. The Bertz CT molecular complexity index is 527. The monoisotopic (exact) mass is 265 g/mol. The van der Waals surface area contributed by atoms with Crippen molar-refractivity contribution in [3.63, 3.8) is 0 Å². The predicted molar refractivity (Wildman–Crippen MR) is 72.7 cm³/mol. The van der Waals surface area contributed by atoms with Crippen LogP contribution in [0.5, 0.6) is 11.5 Å². The van der Waals surface area contributed by atoms with E-state index in [-0.39, 0.29) is 11.5 Å². The zero-order chi connectivity index (χ0) is 13.3. The molecule has 4 nitrogen and oxygen atoms in total. The van der Waals surface area contributed by atoms with Gasteiger partial charge in [-0.3, -0.25) is 9.79 Å². The van der Waals surface area contributed by atoms with E-state index in [0.717, 1.165) is 0 Å². The molecule has 0 saturated carbocycles. The number of thioether (sulfide) groups is 1. The number of methoxy groups -OCH3 is 1. The van der Waals surface area contributed by atoms with Gasteiger partial charge in [-0.15, -0.1) is 11.8 Å². The van der Waals surface area contributed by atoms with Crippen molar-refractivity contribution in [3.8, 4) is 11.5 Å². The standard InChI is InChI=1S/C13H15NO3S/c1-8(15)13(2)7-18-12(14-13)10-5-4-9(17-3)6-11(10)16/h4-6,16H,7H2,1-3H3/t13-/m1/s1. The van der Waals surface area contributed by atoms with Crippen LogP contribution in [0, 0.1) is 0 Å². The molecule has 0 radical (unpaired) electrons. The molecule has 1 aromatic carbocycles. The van der Waals surface area contributed by atoms with Crippen molar-refractivity contribution < 1.29 is 14.6 Å². The first kappa shape index (κ1) is 13.0. The van der Waals surface area contributed by atoms with Gasteiger partial charge in [-0.05, 0) is 26.0 Å². The van der Waals surface area contributed by atoms with Crippen molar-refractivity contribution in [1.82, 2.24) is 0 Å². The highest BCUT2D eigenvalue weighted by molar-refractivity contribution is 8.14. The SMILES string of the molecule is COc1ccc(C2=N[C@@](C)(C(C)=O)CS2)c(O)c1. The highest BCUT2D eigenvalue weighted by Gasteiger charge is 2.36. The van der Waals surface area contributed by atoms with Crippen LogP contribution in [0.1, 0.15) is 19.4 Å². The summed E-state index contributed by atoms with van der Waals surface area (Å²) in [4.78, 5) is 16.0. The number of rotatable bonds is 3. The first-order chi connectivity index (χ1) is 8.46. The van der Waals surface area contributed by atoms with E-state index in [9.17, 15) is 9.90 Å². The number of Topliss-reactive ketones (excluding diaryl/α,β-unsaturated/α-hetero) is 1. The van der Waals surface area contributed by atoms with E-state index in [2.05, 4.69) is 4.99 Å². The minimum atomic E-state index is -0.674. The van der Waals surface area contributed by atoms with E-state index in [4.69, 9.17) is 4.74 Å². The van der Waals surface area contributed by atoms with Crippen molar-refractivity contribution in [1.29, 1.82) is 0 Å². The van der Waals surface area contributed by atoms with E-state index in [1.807, 2.05) is 6.92 Å². The molecule has 0 bridgehead atoms. The topological polar surface area (TPSA) is 58.9 Å². The maximum Gasteiger partial charge on any atom is 0.157 e. The van der Waals surface area contributed by atoms with Gasteiger partial charge in [0, 0.05) is 17.4 Å². The summed E-state index contributed by atoms with van der Waals surface area (Å²) in [6, 6.07) is 5.06. The molecule has 2 rings (SSSR count). The fourth-order valence-electron chi connectivity index (χ4n) is 1.64. The van der Waals surface area contributed by atoms with Crippen LogP contribution in [0.15, 0.2) is 23.2 Å². The molecule has 0 aromatic heterocycles. The van der Waals surface area contributed by atoms with Crippen LogP contribution in [-0.4, -0.2) is 34.3 Å². The number of nitrogens with zero attached hydrogens (tertiary/aromatic N) is 1. The number of phenolic OH excluding ortho intramolecular Hbond substituents is 1. The number of phenols is 1. The van der Waals surface area contributed by atoms with E-state index >= 15 is 0 Å². The Kier molecular flexibility index (Phi) is 3.34. The molecular formula is C13H15NO3S. The molecule has 5 heteroatoms. The highest BCUT2D eigenvalue weighted by Crippen LogP contribution is 2.35. The van der Waals surface area contributed by atoms with Crippen LogP contribution < -0.4 is 4.74 Å². The molecule has 1 aliphatic rings. The number of aromatic hydroxyl groups is 1. The van der Waals surface area contributed by atoms with Crippen molar-refractivity contribution in [3.05, 3.63) is 23.8 Å². The lowest BCUT2D eigenvalue weighted by molar-refractivity contribution is -0.120. The van der Waals surface area contributed by atoms with Crippen LogP contribution in [-0.2, 0) is 4.79 Å². The Morgan fingerprint density at radius 1 is 1.56 bits per heavy atom. The van der Waals surface area contributed by atoms with Gasteiger partial charge >= 0.3 is 0 Å². The Hall–Kier alpha value is -1.49. The van der Waals surface area contributed by atoms with Gasteiger partial charge in [0.15, 0.2) is 5.78 Å². The van der Waals surface area contributed by atoms with Gasteiger partial charge in [0.1, 0.15) is 22.1 Å². The number of hydrogen-bond donors (Lipinski definition) is 1. The van der Waals surface area contributed by atoms with Gasteiger partial charge in [0.2, 0.25) is 0 Å². The maximum absolute atomic E-state index is 11.5. The second-order valence-electron chi connectivity index (χ2n) is 4.42. The minimum Gasteiger partial charge on any atom is -0.507 e. The molecule has 0 amide bonds. The van der Waals surface area contributed by atoms with Crippen LogP contribution >= 0.6 is 11.8 Å². The third-order valence-electron chi connectivity index (χ3n) is 3.03. The van der Waals surface area contributed by atoms with Gasteiger partial charge in [-0.25, -0.2) is 0 Å². The second-order valence-corrected chi connectivity index (χ2v) is 5.38. The lowest BCUT2D eigenvalue weighted by atomic mass is 10.0. The van der Waals surface area contributed by atoms with Gasteiger partial charge in [-0.1, -0.05) is 0 Å². The summed E-state index contributed by atoms with van der Waals surface area (Å²) in [6.45, 7) is 3.36. The number of ether oxygens (including phenoxy) is 1. The molecule has 0 spiro atoms. The summed E-state index contributed by atoms with van der Waals surface area (Å²) in [5.41, 5.74) is -0.0300. The molecule has 1 heterocycles. The normalized spacial score (nSPS) is 22.7. The molecule has 0 fully saturated rings. The lowest BCUT2D eigenvalue weighted by Gasteiger charge is -2.14. The van der Waals surface area contributed by atoms with E-state index < -0.39 is 5.54 Å². The Morgan fingerprint density at radius 2 is 2.28 bits per heavy atom. The number of carbonyl (C=O) groups excluding carboxylic acids is 1. The number of ketones is 1. The third-order valence-corrected chi connectivity index (χ3v) is 4.32. The van der Waals surface area contributed by atoms with E-state index in [0.29, 0.717) is 22.1 Å². The molecule has 0 unspecified atom stereocenters. The van der Waals surface area contributed by atoms with Crippen molar-refractivity contribution in [2.45, 2.75) is 19.4 Å². The van der Waals surface area contributed by atoms with Crippen molar-refractivity contribution in [2.75, 3.05) is 12.9 Å². The zero-order valence-corrected chi connectivity index (χ0v) is 11.4. The van der Waals surface area contributed by atoms with E-state index in [1.165, 1.54) is 11.8 Å². The first-order valence-corrected chi connectivity index (χ1v) is 6.56. The molecule has 1 aromatic rings. The van der Waals surface area contributed by atoms with Crippen LogP contribution in [0.25, 0.3) is 0 Å². The van der Waals surface area contributed by atoms with Gasteiger partial charge in [0.25, 0.3) is 0 Å². The average Bonchev–Trinajstić information content (AvgIpc) is 2.73. The molecule has 1 aliphatic heterocycles. The molecule has 1 atom stereocenters. The Balaban J connectivity index is 2.37. The molecule has 18 heavy (non-hydrogen) atoms. The number of hydrogen-bond acceptors (Lipinski definition) is 5. The summed E-state index contributed by atoms with van der Waals surface area (Å²) in [5.74, 6) is 1.36. The van der Waals surface area contributed by atoms with Crippen LogP contribution in [0.3, 0.4) is 0 Å². The van der Waals surface area contributed by atoms with Crippen LogP contribution in [0.2, 0.25) is 0 Å². The molecule has 96 valence electrons. The van der Waals surface area contributed by atoms with Gasteiger partial charge in [0.05, 0.1) is 7.11 Å². The maximum atomic E-state index is 11.5.